The van der Waals surface area contributed by atoms with Gasteiger partial charge in [-0.15, -0.1) is 0 Å². The first kappa shape index (κ1) is 13.3. The molecule has 0 spiro atoms. The number of likely N-dealkylation sites (tertiary alicyclic amines) is 1. The van der Waals surface area contributed by atoms with E-state index in [0.29, 0.717) is 11.8 Å². The predicted octanol–water partition coefficient (Wildman–Crippen LogP) is 1.06. The maximum absolute atomic E-state index is 5.77. The van der Waals surface area contributed by atoms with Gasteiger partial charge in [0.25, 0.3) is 0 Å². The van der Waals surface area contributed by atoms with E-state index in [9.17, 15) is 0 Å². The van der Waals surface area contributed by atoms with E-state index >= 15 is 0 Å². The minimum absolute atomic E-state index is 0.322. The molecule has 0 aromatic rings. The van der Waals surface area contributed by atoms with Crippen LogP contribution in [0.5, 0.6) is 0 Å². The van der Waals surface area contributed by atoms with E-state index in [-0.39, 0.29) is 5.79 Å². The van der Waals surface area contributed by atoms with Crippen molar-refractivity contribution < 1.29 is 9.47 Å². The van der Waals surface area contributed by atoms with Crippen LogP contribution in [-0.4, -0.2) is 51.1 Å². The van der Waals surface area contributed by atoms with Gasteiger partial charge in [0.1, 0.15) is 0 Å². The number of hydrogen-bond acceptors (Lipinski definition) is 4. The Kier molecular flexibility index (Phi) is 4.42. The van der Waals surface area contributed by atoms with E-state index < -0.39 is 0 Å². The largest absolute Gasteiger partial charge is 0.353 e. The van der Waals surface area contributed by atoms with Gasteiger partial charge in [-0.1, -0.05) is 6.42 Å². The summed E-state index contributed by atoms with van der Waals surface area (Å²) in [6.07, 6.45) is 4.84. The Morgan fingerprint density at radius 2 is 1.76 bits per heavy atom. The molecule has 1 aliphatic carbocycles. The van der Waals surface area contributed by atoms with Crippen LogP contribution < -0.4 is 5.73 Å². The van der Waals surface area contributed by atoms with Gasteiger partial charge in [-0.2, -0.15) is 0 Å². The van der Waals surface area contributed by atoms with E-state index in [0.717, 1.165) is 32.6 Å². The molecule has 100 valence electrons. The van der Waals surface area contributed by atoms with Gasteiger partial charge in [0, 0.05) is 39.1 Å². The first-order valence-electron chi connectivity index (χ1n) is 6.79. The third-order valence-electron chi connectivity index (χ3n) is 4.52. The fourth-order valence-corrected chi connectivity index (χ4v) is 3.73. The van der Waals surface area contributed by atoms with Gasteiger partial charge in [0.05, 0.1) is 0 Å². The van der Waals surface area contributed by atoms with Gasteiger partial charge < -0.3 is 20.1 Å². The van der Waals surface area contributed by atoms with E-state index in [4.69, 9.17) is 15.2 Å². The summed E-state index contributed by atoms with van der Waals surface area (Å²) in [6, 6.07) is 0. The van der Waals surface area contributed by atoms with Crippen LogP contribution in [0.15, 0.2) is 0 Å². The number of rotatable bonds is 5. The first-order valence-corrected chi connectivity index (χ1v) is 6.79. The molecule has 1 aliphatic heterocycles. The Hall–Kier alpha value is -0.160. The van der Waals surface area contributed by atoms with Crippen molar-refractivity contribution >= 4 is 0 Å². The van der Waals surface area contributed by atoms with Gasteiger partial charge >= 0.3 is 0 Å². The average molecular weight is 242 g/mol. The lowest BCUT2D eigenvalue weighted by Gasteiger charge is -2.53. The summed E-state index contributed by atoms with van der Waals surface area (Å²) in [7, 11) is 3.59. The minimum Gasteiger partial charge on any atom is -0.353 e. The number of ether oxygens (including phenoxy) is 2. The number of fused-ring (bicyclic) bond motifs is 2. The molecule has 2 rings (SSSR count). The molecule has 2 fully saturated rings. The molecule has 1 saturated carbocycles. The van der Waals surface area contributed by atoms with Crippen LogP contribution in [0, 0.1) is 11.8 Å². The molecule has 17 heavy (non-hydrogen) atoms. The zero-order chi connectivity index (χ0) is 12.3. The summed E-state index contributed by atoms with van der Waals surface area (Å²) in [4.78, 5) is 2.54. The van der Waals surface area contributed by atoms with Crippen LogP contribution in [0.2, 0.25) is 0 Å². The molecule has 0 amide bonds. The molecule has 1 heterocycles. The van der Waals surface area contributed by atoms with Crippen molar-refractivity contribution in [1.82, 2.24) is 4.90 Å². The molecule has 0 radical (unpaired) electrons. The van der Waals surface area contributed by atoms with E-state index in [1.54, 1.807) is 14.2 Å². The number of nitrogens with two attached hydrogens (primary N) is 1. The van der Waals surface area contributed by atoms with Gasteiger partial charge in [-0.3, -0.25) is 0 Å². The van der Waals surface area contributed by atoms with Crippen LogP contribution >= 0.6 is 0 Å². The molecule has 2 N–H and O–H groups in total. The summed E-state index contributed by atoms with van der Waals surface area (Å²) < 4.78 is 11.5. The lowest BCUT2D eigenvalue weighted by atomic mass is 9.72. The zero-order valence-corrected chi connectivity index (χ0v) is 11.2. The van der Waals surface area contributed by atoms with Crippen LogP contribution in [0.25, 0.3) is 0 Å². The van der Waals surface area contributed by atoms with Crippen molar-refractivity contribution in [2.24, 2.45) is 17.6 Å². The molecule has 2 bridgehead atoms. The van der Waals surface area contributed by atoms with Gasteiger partial charge in [0.2, 0.25) is 0 Å². The smallest absolute Gasteiger partial charge is 0.175 e. The predicted molar refractivity (Wildman–Crippen MR) is 67.7 cm³/mol. The third-order valence-corrected chi connectivity index (χ3v) is 4.52. The Balaban J connectivity index is 2.05. The van der Waals surface area contributed by atoms with Gasteiger partial charge in [-0.05, 0) is 32.4 Å². The molecular formula is C13H26N2O2. The van der Waals surface area contributed by atoms with Crippen LogP contribution in [0.3, 0.4) is 0 Å². The normalized spacial score (nSPS) is 32.6. The summed E-state index contributed by atoms with van der Waals surface area (Å²) in [5, 5.41) is 0. The fourth-order valence-electron chi connectivity index (χ4n) is 3.73. The van der Waals surface area contributed by atoms with Crippen molar-refractivity contribution in [3.05, 3.63) is 0 Å². The third kappa shape index (κ3) is 2.36. The van der Waals surface area contributed by atoms with Crippen molar-refractivity contribution in [2.75, 3.05) is 40.4 Å². The molecule has 0 unspecified atom stereocenters. The maximum Gasteiger partial charge on any atom is 0.175 e. The Morgan fingerprint density at radius 1 is 1.18 bits per heavy atom. The second-order valence-electron chi connectivity index (χ2n) is 5.36. The summed E-state index contributed by atoms with van der Waals surface area (Å²) in [5.41, 5.74) is 5.59. The highest BCUT2D eigenvalue weighted by molar-refractivity contribution is 4.97. The number of piperidine rings is 1. The molecular weight excluding hydrogens is 216 g/mol. The van der Waals surface area contributed by atoms with Crippen molar-refractivity contribution in [3.63, 3.8) is 0 Å². The van der Waals surface area contributed by atoms with E-state index in [2.05, 4.69) is 4.90 Å². The van der Waals surface area contributed by atoms with E-state index in [1.807, 2.05) is 0 Å². The quantitative estimate of drug-likeness (QED) is 0.732. The highest BCUT2D eigenvalue weighted by Gasteiger charge is 2.52. The number of hydrogen-bond donors (Lipinski definition) is 1. The average Bonchev–Trinajstić information content (AvgIpc) is 2.35. The highest BCUT2D eigenvalue weighted by Crippen LogP contribution is 2.45. The summed E-state index contributed by atoms with van der Waals surface area (Å²) in [5.74, 6) is 0.711. The topological polar surface area (TPSA) is 47.7 Å². The summed E-state index contributed by atoms with van der Waals surface area (Å²) >= 11 is 0. The molecule has 4 nitrogen and oxygen atoms in total. The van der Waals surface area contributed by atoms with E-state index in [1.165, 1.54) is 19.3 Å². The Morgan fingerprint density at radius 3 is 2.24 bits per heavy atom. The molecule has 2 aliphatic rings. The van der Waals surface area contributed by atoms with Crippen LogP contribution in [0.4, 0.5) is 0 Å². The highest BCUT2D eigenvalue weighted by atomic mass is 16.7. The van der Waals surface area contributed by atoms with Crippen LogP contribution in [-0.2, 0) is 9.47 Å². The standard InChI is InChI=1S/C13H26N2O2/c1-16-13(17-2)11-5-3-6-12(13)10-15(9-11)8-4-7-14/h11-12H,3-10,14H2,1-2H3/t11-,12+. The van der Waals surface area contributed by atoms with Crippen molar-refractivity contribution in [2.45, 2.75) is 31.5 Å². The van der Waals surface area contributed by atoms with Gasteiger partial charge in [0.15, 0.2) is 5.79 Å². The maximum atomic E-state index is 5.77. The first-order chi connectivity index (χ1) is 8.26. The monoisotopic (exact) mass is 242 g/mol. The summed E-state index contributed by atoms with van der Waals surface area (Å²) in [6.45, 7) is 4.09. The molecule has 0 aromatic carbocycles. The van der Waals surface area contributed by atoms with Gasteiger partial charge in [-0.25, -0.2) is 0 Å². The Labute approximate surface area is 104 Å². The lowest BCUT2D eigenvalue weighted by molar-refractivity contribution is -0.302. The molecule has 1 saturated heterocycles. The second-order valence-corrected chi connectivity index (χ2v) is 5.36. The fraction of sp³-hybridized carbons (Fsp3) is 1.00. The lowest BCUT2D eigenvalue weighted by Crippen LogP contribution is -2.62. The minimum atomic E-state index is -0.322. The van der Waals surface area contributed by atoms with Crippen LogP contribution in [0.1, 0.15) is 25.7 Å². The number of nitrogens with zero attached hydrogens (tertiary/aromatic N) is 1. The number of methoxy groups -OCH3 is 2. The van der Waals surface area contributed by atoms with Crippen molar-refractivity contribution in [3.8, 4) is 0 Å². The molecule has 2 atom stereocenters. The molecule has 0 aromatic heterocycles. The molecule has 4 heteroatoms. The second kappa shape index (κ2) is 5.65. The van der Waals surface area contributed by atoms with Crippen molar-refractivity contribution in [1.29, 1.82) is 0 Å². The Bertz CT molecular complexity index is 228. The SMILES string of the molecule is COC1(OC)[C@@H]2CCC[C@H]1CN(CCCN)C2. The zero-order valence-electron chi connectivity index (χ0n) is 11.2.